The molecule has 2 aliphatic carbocycles. The number of allylic oxidation sites excluding steroid dienone is 9. The molecule has 5 N–H and O–H groups in total. The Morgan fingerprint density at radius 1 is 1.15 bits per heavy atom. The quantitative estimate of drug-likeness (QED) is 0.175. The van der Waals surface area contributed by atoms with Crippen LogP contribution in [0, 0.1) is 11.8 Å². The molecule has 218 valence electrons. The van der Waals surface area contributed by atoms with Gasteiger partial charge < -0.3 is 26.0 Å². The summed E-state index contributed by atoms with van der Waals surface area (Å²) in [5, 5.41) is 36.6. The van der Waals surface area contributed by atoms with Crippen molar-refractivity contribution in [2.45, 2.75) is 84.8 Å². The number of unbranched alkanes of at least 4 members (excludes halogenated alkanes) is 1. The highest BCUT2D eigenvalue weighted by Gasteiger charge is 2.37. The lowest BCUT2D eigenvalue weighted by atomic mass is 9.78. The van der Waals surface area contributed by atoms with E-state index >= 15 is 0 Å². The summed E-state index contributed by atoms with van der Waals surface area (Å²) in [5.74, 6) is -1.18. The standard InChI is InChI=1S/C32H44N2O6/c1-6-7-12-21(2)17-22(3)18-23(4)31(39)33-25-20-32(40,24(5)19-28(25)37)16-11-9-8-10-13-29(38)34-30-26(35)14-15-27(30)36/h8-11,13,16-18,20-21,24,28,35,37,40H,6-7,12,14-15,19H2,1-5H3,(H,33,39)(H,34,38)/b9-8+,13-10+,16-11+,22-17+,23-18+/t21-,24-,28?,32+/m1/s1. The van der Waals surface area contributed by atoms with Crippen molar-refractivity contribution in [1.82, 2.24) is 10.6 Å². The second-order valence-electron chi connectivity index (χ2n) is 10.8. The van der Waals surface area contributed by atoms with Gasteiger partial charge in [-0.3, -0.25) is 14.4 Å². The molecule has 0 aliphatic heterocycles. The van der Waals surface area contributed by atoms with Crippen molar-refractivity contribution in [3.8, 4) is 0 Å². The smallest absolute Gasteiger partial charge is 0.251 e. The molecule has 0 saturated heterocycles. The third-order valence-corrected chi connectivity index (χ3v) is 7.08. The molecule has 0 aromatic heterocycles. The molecule has 2 aliphatic rings. The Bertz CT molecular complexity index is 1170. The van der Waals surface area contributed by atoms with Gasteiger partial charge in [0.1, 0.15) is 17.1 Å². The van der Waals surface area contributed by atoms with E-state index in [1.54, 1.807) is 31.2 Å². The van der Waals surface area contributed by atoms with Crippen molar-refractivity contribution >= 4 is 17.6 Å². The third-order valence-electron chi connectivity index (χ3n) is 7.08. The van der Waals surface area contributed by atoms with Gasteiger partial charge >= 0.3 is 0 Å². The highest BCUT2D eigenvalue weighted by atomic mass is 16.3. The van der Waals surface area contributed by atoms with Crippen LogP contribution in [0.3, 0.4) is 0 Å². The number of hydrogen-bond donors (Lipinski definition) is 5. The minimum Gasteiger partial charge on any atom is -0.510 e. The second kappa shape index (κ2) is 15.3. The molecule has 0 aromatic carbocycles. The lowest BCUT2D eigenvalue weighted by Crippen LogP contribution is -2.44. The molecule has 0 aromatic rings. The predicted octanol–water partition coefficient (Wildman–Crippen LogP) is 4.75. The molecule has 8 nitrogen and oxygen atoms in total. The molecule has 0 heterocycles. The summed E-state index contributed by atoms with van der Waals surface area (Å²) in [6.07, 6.45) is 17.7. The molecule has 1 unspecified atom stereocenters. The highest BCUT2D eigenvalue weighted by Crippen LogP contribution is 2.33. The van der Waals surface area contributed by atoms with Crippen molar-refractivity contribution in [2.75, 3.05) is 0 Å². The number of hydrogen-bond acceptors (Lipinski definition) is 6. The van der Waals surface area contributed by atoms with E-state index in [4.69, 9.17) is 0 Å². The molecule has 0 radical (unpaired) electrons. The van der Waals surface area contributed by atoms with E-state index in [2.05, 4.69) is 30.6 Å². The zero-order valence-electron chi connectivity index (χ0n) is 24.2. The van der Waals surface area contributed by atoms with Crippen LogP contribution in [0.5, 0.6) is 0 Å². The van der Waals surface area contributed by atoms with Crippen LogP contribution in [0.2, 0.25) is 0 Å². The van der Waals surface area contributed by atoms with E-state index in [1.807, 2.05) is 19.9 Å². The number of Topliss-reactive ketones (excluding diaryl/α,β-unsaturated/α-hetero) is 1. The van der Waals surface area contributed by atoms with Crippen LogP contribution in [0.15, 0.2) is 83.0 Å². The van der Waals surface area contributed by atoms with E-state index in [9.17, 15) is 29.7 Å². The van der Waals surface area contributed by atoms with Gasteiger partial charge in [0.05, 0.1) is 6.10 Å². The third kappa shape index (κ3) is 9.92. The van der Waals surface area contributed by atoms with Crippen LogP contribution in [0.1, 0.15) is 73.1 Å². The molecule has 2 amide bonds. The van der Waals surface area contributed by atoms with Gasteiger partial charge in [0, 0.05) is 30.2 Å². The summed E-state index contributed by atoms with van der Waals surface area (Å²) in [5.41, 5.74) is 0.300. The first-order valence-electron chi connectivity index (χ1n) is 14.0. The van der Waals surface area contributed by atoms with Crippen molar-refractivity contribution in [3.63, 3.8) is 0 Å². The molecule has 8 heteroatoms. The van der Waals surface area contributed by atoms with E-state index in [-0.39, 0.29) is 54.0 Å². The number of rotatable bonds is 12. The fourth-order valence-electron chi connectivity index (χ4n) is 4.64. The lowest BCUT2D eigenvalue weighted by Gasteiger charge is -2.36. The predicted molar refractivity (Wildman–Crippen MR) is 157 cm³/mol. The number of carbonyl (C=O) groups excluding carboxylic acids is 3. The first-order chi connectivity index (χ1) is 18.9. The van der Waals surface area contributed by atoms with Gasteiger partial charge in [0.2, 0.25) is 5.91 Å². The van der Waals surface area contributed by atoms with E-state index in [0.29, 0.717) is 11.5 Å². The van der Waals surface area contributed by atoms with E-state index in [1.165, 1.54) is 18.2 Å². The molecular formula is C32H44N2O6. The zero-order valence-corrected chi connectivity index (χ0v) is 24.2. The topological polar surface area (TPSA) is 136 Å². The molecule has 2 rings (SSSR count). The Balaban J connectivity index is 2.02. The maximum atomic E-state index is 12.8. The van der Waals surface area contributed by atoms with Crippen molar-refractivity contribution in [2.24, 2.45) is 11.8 Å². The summed E-state index contributed by atoms with van der Waals surface area (Å²) >= 11 is 0. The fourth-order valence-corrected chi connectivity index (χ4v) is 4.64. The number of aliphatic hydroxyl groups excluding tert-OH is 2. The molecule has 0 bridgehead atoms. The summed E-state index contributed by atoms with van der Waals surface area (Å²) < 4.78 is 0. The Morgan fingerprint density at radius 3 is 2.50 bits per heavy atom. The van der Waals surface area contributed by atoms with E-state index in [0.717, 1.165) is 24.8 Å². The lowest BCUT2D eigenvalue weighted by molar-refractivity contribution is -0.119. The summed E-state index contributed by atoms with van der Waals surface area (Å²) in [6.45, 7) is 9.82. The number of aliphatic hydroxyl groups is 3. The van der Waals surface area contributed by atoms with Gasteiger partial charge in [-0.05, 0) is 50.7 Å². The first-order valence-corrected chi connectivity index (χ1v) is 14.0. The molecule has 0 saturated carbocycles. The largest absolute Gasteiger partial charge is 0.510 e. The van der Waals surface area contributed by atoms with Crippen LogP contribution < -0.4 is 10.6 Å². The van der Waals surface area contributed by atoms with Crippen LogP contribution in [-0.2, 0) is 14.4 Å². The minimum atomic E-state index is -1.40. The maximum absolute atomic E-state index is 12.8. The van der Waals surface area contributed by atoms with Gasteiger partial charge in [-0.1, -0.05) is 75.6 Å². The highest BCUT2D eigenvalue weighted by molar-refractivity contribution is 6.03. The molecule has 0 spiro atoms. The maximum Gasteiger partial charge on any atom is 0.251 e. The summed E-state index contributed by atoms with van der Waals surface area (Å²) in [4.78, 5) is 36.4. The van der Waals surface area contributed by atoms with Gasteiger partial charge in [-0.15, -0.1) is 0 Å². The minimum absolute atomic E-state index is 0.0572. The number of ketones is 1. The van der Waals surface area contributed by atoms with Gasteiger partial charge in [0.25, 0.3) is 5.91 Å². The Kier molecular flexibility index (Phi) is 12.5. The molecule has 40 heavy (non-hydrogen) atoms. The van der Waals surface area contributed by atoms with Gasteiger partial charge in [-0.2, -0.15) is 0 Å². The molecular weight excluding hydrogens is 508 g/mol. The van der Waals surface area contributed by atoms with Crippen molar-refractivity contribution in [1.29, 1.82) is 0 Å². The zero-order chi connectivity index (χ0) is 29.9. The first kappa shape index (κ1) is 32.7. The van der Waals surface area contributed by atoms with Crippen LogP contribution in [0.4, 0.5) is 0 Å². The van der Waals surface area contributed by atoms with Gasteiger partial charge in [0.15, 0.2) is 5.78 Å². The molecule has 0 fully saturated rings. The second-order valence-corrected chi connectivity index (χ2v) is 10.8. The fraction of sp³-hybridized carbons (Fsp3) is 0.469. The number of amides is 2. The Morgan fingerprint density at radius 2 is 1.85 bits per heavy atom. The van der Waals surface area contributed by atoms with Crippen molar-refractivity contribution < 1.29 is 29.7 Å². The summed E-state index contributed by atoms with van der Waals surface area (Å²) in [7, 11) is 0. The normalized spacial score (nSPS) is 25.3. The Hall–Kier alpha value is -3.49. The van der Waals surface area contributed by atoms with E-state index < -0.39 is 17.6 Å². The SMILES string of the molecule is CCCC[C@@H](C)/C=C(C)/C=C(\C)C(=O)NC1=C[C@@](O)(/C=C/C=C/C=C/C(=O)NC2=C(O)CCC2=O)[C@H](C)CC1O. The number of carbonyl (C=O) groups is 3. The number of nitrogens with one attached hydrogen (secondary N) is 2. The summed E-state index contributed by atoms with van der Waals surface area (Å²) in [6, 6.07) is 0. The average molecular weight is 553 g/mol. The van der Waals surface area contributed by atoms with Crippen LogP contribution in [0.25, 0.3) is 0 Å². The average Bonchev–Trinajstić information content (AvgIpc) is 3.20. The van der Waals surface area contributed by atoms with Crippen molar-refractivity contribution in [3.05, 3.63) is 83.0 Å². The van der Waals surface area contributed by atoms with Crippen LogP contribution >= 0.6 is 0 Å². The Labute approximate surface area is 237 Å². The van der Waals surface area contributed by atoms with Gasteiger partial charge in [-0.25, -0.2) is 0 Å². The monoisotopic (exact) mass is 552 g/mol. The molecule has 4 atom stereocenters. The van der Waals surface area contributed by atoms with Crippen LogP contribution in [-0.4, -0.2) is 44.6 Å².